The van der Waals surface area contributed by atoms with Crippen LogP contribution >= 0.6 is 0 Å². The van der Waals surface area contributed by atoms with Crippen molar-refractivity contribution in [2.24, 2.45) is 5.92 Å². The second-order valence-corrected chi connectivity index (χ2v) is 5.78. The van der Waals surface area contributed by atoms with Gasteiger partial charge in [-0.15, -0.1) is 0 Å². The van der Waals surface area contributed by atoms with Gasteiger partial charge in [0.15, 0.2) is 0 Å². The molecule has 1 fully saturated rings. The molecule has 3 nitrogen and oxygen atoms in total. The standard InChI is InChI=1S/C19H17NO2/c21-19(22-13-14-7-3-1-4-8-14)20-12-17-16(11-18(17)20)15-9-5-2-6-10-15/h1-11,17-18H,12-13H2. The first-order valence-corrected chi connectivity index (χ1v) is 7.57. The van der Waals surface area contributed by atoms with Gasteiger partial charge in [0.1, 0.15) is 6.61 Å². The van der Waals surface area contributed by atoms with Crippen molar-refractivity contribution in [2.75, 3.05) is 6.54 Å². The van der Waals surface area contributed by atoms with Gasteiger partial charge in [-0.25, -0.2) is 4.79 Å². The molecule has 1 saturated heterocycles. The molecular formula is C19H17NO2. The van der Waals surface area contributed by atoms with Gasteiger partial charge in [0.05, 0.1) is 6.04 Å². The topological polar surface area (TPSA) is 29.5 Å². The summed E-state index contributed by atoms with van der Waals surface area (Å²) in [6, 6.07) is 20.4. The summed E-state index contributed by atoms with van der Waals surface area (Å²) in [5.41, 5.74) is 3.64. The van der Waals surface area contributed by atoms with Crippen LogP contribution in [-0.2, 0) is 11.3 Å². The Bertz CT molecular complexity index is 709. The van der Waals surface area contributed by atoms with Crippen molar-refractivity contribution in [2.45, 2.75) is 12.6 Å². The van der Waals surface area contributed by atoms with E-state index in [1.165, 1.54) is 11.1 Å². The van der Waals surface area contributed by atoms with Crippen LogP contribution in [0.15, 0.2) is 66.7 Å². The maximum atomic E-state index is 12.1. The van der Waals surface area contributed by atoms with E-state index in [0.717, 1.165) is 12.1 Å². The highest BCUT2D eigenvalue weighted by Gasteiger charge is 2.49. The van der Waals surface area contributed by atoms with Crippen molar-refractivity contribution < 1.29 is 9.53 Å². The lowest BCUT2D eigenvalue weighted by Crippen LogP contribution is -2.62. The SMILES string of the molecule is O=C(OCc1ccccc1)N1CC2C(c3ccccc3)=CC21. The highest BCUT2D eigenvalue weighted by Crippen LogP contribution is 2.46. The smallest absolute Gasteiger partial charge is 0.410 e. The minimum Gasteiger partial charge on any atom is -0.445 e. The predicted molar refractivity (Wildman–Crippen MR) is 85.0 cm³/mol. The van der Waals surface area contributed by atoms with Crippen LogP contribution in [0.5, 0.6) is 0 Å². The van der Waals surface area contributed by atoms with Gasteiger partial charge < -0.3 is 9.64 Å². The molecule has 0 radical (unpaired) electrons. The molecule has 4 rings (SSSR count). The zero-order valence-electron chi connectivity index (χ0n) is 12.2. The Kier molecular flexibility index (Phi) is 3.19. The van der Waals surface area contributed by atoms with Crippen LogP contribution in [0.4, 0.5) is 4.79 Å². The highest BCUT2D eigenvalue weighted by molar-refractivity contribution is 5.81. The number of benzene rings is 2. The molecule has 0 aromatic heterocycles. The molecule has 1 aliphatic heterocycles. The number of amides is 1. The Balaban J connectivity index is 1.35. The lowest BCUT2D eigenvalue weighted by Gasteiger charge is -2.53. The number of fused-ring (bicyclic) bond motifs is 1. The van der Waals surface area contributed by atoms with Gasteiger partial charge in [0, 0.05) is 12.5 Å². The molecule has 0 saturated carbocycles. The Hall–Kier alpha value is -2.55. The van der Waals surface area contributed by atoms with Crippen molar-refractivity contribution in [1.29, 1.82) is 0 Å². The molecule has 2 aromatic carbocycles. The summed E-state index contributed by atoms with van der Waals surface area (Å²) in [4.78, 5) is 13.9. The van der Waals surface area contributed by atoms with Crippen LogP contribution in [0.2, 0.25) is 0 Å². The number of carbonyl (C=O) groups excluding carboxylic acids is 1. The van der Waals surface area contributed by atoms with Gasteiger partial charge >= 0.3 is 6.09 Å². The van der Waals surface area contributed by atoms with E-state index < -0.39 is 0 Å². The average Bonchev–Trinajstić information content (AvgIpc) is 2.56. The number of hydrogen-bond donors (Lipinski definition) is 0. The number of likely N-dealkylation sites (tertiary alicyclic amines) is 1. The van der Waals surface area contributed by atoms with Crippen molar-refractivity contribution in [3.05, 3.63) is 77.9 Å². The maximum absolute atomic E-state index is 12.1. The molecule has 3 heteroatoms. The number of rotatable bonds is 3. The summed E-state index contributed by atoms with van der Waals surface area (Å²) >= 11 is 0. The van der Waals surface area contributed by atoms with Crippen molar-refractivity contribution >= 4 is 11.7 Å². The van der Waals surface area contributed by atoms with Crippen LogP contribution in [-0.4, -0.2) is 23.6 Å². The summed E-state index contributed by atoms with van der Waals surface area (Å²) in [5.74, 6) is 0.478. The monoisotopic (exact) mass is 291 g/mol. The van der Waals surface area contributed by atoms with Crippen LogP contribution in [0.1, 0.15) is 11.1 Å². The van der Waals surface area contributed by atoms with Gasteiger partial charge in [0.25, 0.3) is 0 Å². The van der Waals surface area contributed by atoms with Gasteiger partial charge in [-0.1, -0.05) is 66.7 Å². The van der Waals surface area contributed by atoms with Crippen molar-refractivity contribution in [3.63, 3.8) is 0 Å². The van der Waals surface area contributed by atoms with Gasteiger partial charge in [-0.2, -0.15) is 0 Å². The van der Waals surface area contributed by atoms with E-state index in [2.05, 4.69) is 18.2 Å². The predicted octanol–water partition coefficient (Wildman–Crippen LogP) is 3.72. The zero-order valence-corrected chi connectivity index (χ0v) is 12.2. The highest BCUT2D eigenvalue weighted by atomic mass is 16.6. The molecule has 0 N–H and O–H groups in total. The molecule has 110 valence electrons. The fraction of sp³-hybridized carbons (Fsp3) is 0.211. The number of carbonyl (C=O) groups is 1. The number of nitrogens with zero attached hydrogens (tertiary/aromatic N) is 1. The fourth-order valence-electron chi connectivity index (χ4n) is 3.14. The summed E-state index contributed by atoms with van der Waals surface area (Å²) in [6.07, 6.45) is 1.96. The third kappa shape index (κ3) is 2.19. The van der Waals surface area contributed by atoms with Gasteiger partial charge in [0.2, 0.25) is 0 Å². The lowest BCUT2D eigenvalue weighted by atomic mass is 9.69. The van der Waals surface area contributed by atoms with E-state index in [1.807, 2.05) is 48.5 Å². The molecule has 1 amide bonds. The Morgan fingerprint density at radius 1 is 1.05 bits per heavy atom. The summed E-state index contributed by atoms with van der Waals surface area (Å²) in [5, 5.41) is 0. The molecule has 22 heavy (non-hydrogen) atoms. The molecule has 2 aromatic rings. The van der Waals surface area contributed by atoms with Crippen LogP contribution in [0.3, 0.4) is 0 Å². The normalized spacial score (nSPS) is 22.0. The molecule has 1 heterocycles. The Morgan fingerprint density at radius 2 is 1.73 bits per heavy atom. The molecule has 2 unspecified atom stereocenters. The minimum atomic E-state index is -0.214. The van der Waals surface area contributed by atoms with E-state index in [-0.39, 0.29) is 12.1 Å². The Labute approximate surface area is 129 Å². The molecule has 1 aliphatic carbocycles. The van der Waals surface area contributed by atoms with Crippen LogP contribution in [0.25, 0.3) is 5.57 Å². The second-order valence-electron chi connectivity index (χ2n) is 5.78. The van der Waals surface area contributed by atoms with E-state index in [0.29, 0.717) is 12.5 Å². The summed E-state index contributed by atoms with van der Waals surface area (Å²) in [6.45, 7) is 1.10. The van der Waals surface area contributed by atoms with Crippen LogP contribution in [0, 0.1) is 5.92 Å². The lowest BCUT2D eigenvalue weighted by molar-refractivity contribution is 0.0309. The molecule has 2 atom stereocenters. The third-order valence-corrected chi connectivity index (χ3v) is 4.46. The number of ether oxygens (including phenoxy) is 1. The van der Waals surface area contributed by atoms with E-state index in [4.69, 9.17) is 4.74 Å². The van der Waals surface area contributed by atoms with Gasteiger partial charge in [-0.05, 0) is 16.7 Å². The van der Waals surface area contributed by atoms with Gasteiger partial charge in [-0.3, -0.25) is 0 Å². The molecule has 2 aliphatic rings. The second kappa shape index (κ2) is 5.34. The Morgan fingerprint density at radius 3 is 2.36 bits per heavy atom. The first kappa shape index (κ1) is 13.1. The first-order chi connectivity index (χ1) is 10.8. The average molecular weight is 291 g/mol. The molecule has 0 bridgehead atoms. The maximum Gasteiger partial charge on any atom is 0.410 e. The third-order valence-electron chi connectivity index (χ3n) is 4.46. The first-order valence-electron chi connectivity index (χ1n) is 7.57. The quantitative estimate of drug-likeness (QED) is 0.862. The minimum absolute atomic E-state index is 0.214. The van der Waals surface area contributed by atoms with E-state index in [9.17, 15) is 4.79 Å². The van der Waals surface area contributed by atoms with Crippen molar-refractivity contribution in [3.8, 4) is 0 Å². The van der Waals surface area contributed by atoms with Crippen molar-refractivity contribution in [1.82, 2.24) is 4.90 Å². The van der Waals surface area contributed by atoms with E-state index >= 15 is 0 Å². The molecular weight excluding hydrogens is 274 g/mol. The fourth-order valence-corrected chi connectivity index (χ4v) is 3.14. The summed E-state index contributed by atoms with van der Waals surface area (Å²) in [7, 11) is 0. The molecule has 0 spiro atoms. The number of hydrogen-bond acceptors (Lipinski definition) is 2. The van der Waals surface area contributed by atoms with E-state index in [1.54, 1.807) is 4.90 Å². The largest absolute Gasteiger partial charge is 0.445 e. The summed E-state index contributed by atoms with van der Waals surface area (Å²) < 4.78 is 5.38. The van der Waals surface area contributed by atoms with Crippen LogP contribution < -0.4 is 0 Å². The zero-order chi connectivity index (χ0) is 14.9.